The van der Waals surface area contributed by atoms with Crippen molar-refractivity contribution in [3.05, 3.63) is 18.7 Å². The van der Waals surface area contributed by atoms with Crippen LogP contribution in [0.5, 0.6) is 0 Å². The number of aryl methyl sites for hydroxylation is 1. The first-order valence-corrected chi connectivity index (χ1v) is 8.39. The molecule has 1 unspecified atom stereocenters. The number of carbonyl (C=O) groups excluding carboxylic acids is 1. The number of carboxylic acid groups (broad SMARTS) is 1. The lowest BCUT2D eigenvalue weighted by molar-refractivity contribution is -0.697. The molecular weight excluding hydrogens is 280 g/mol. The normalized spacial score (nSPS) is 11.6. The average molecular weight is 312 g/mol. The van der Waals surface area contributed by atoms with Gasteiger partial charge in [-0.2, -0.15) is 0 Å². The van der Waals surface area contributed by atoms with Crippen molar-refractivity contribution in [3.63, 3.8) is 0 Å². The summed E-state index contributed by atoms with van der Waals surface area (Å²) in [6.45, 7) is 6.08. The van der Waals surface area contributed by atoms with Gasteiger partial charge in [0.2, 0.25) is 6.33 Å². The summed E-state index contributed by atoms with van der Waals surface area (Å²) in [5.41, 5.74) is 0. The van der Waals surface area contributed by atoms with E-state index < -0.39 is 12.2 Å². The molecule has 0 radical (unpaired) electrons. The molecular formula is C17H32N2O3. The van der Waals surface area contributed by atoms with Crippen LogP contribution in [0.3, 0.4) is 0 Å². The molecule has 1 rings (SSSR count). The smallest absolute Gasteiger partial charge is 0.245 e. The van der Waals surface area contributed by atoms with Crippen LogP contribution >= 0.6 is 0 Å². The van der Waals surface area contributed by atoms with E-state index in [0.717, 1.165) is 13.5 Å². The Morgan fingerprint density at radius 1 is 1.18 bits per heavy atom. The number of imidazole rings is 1. The lowest BCUT2D eigenvalue weighted by Crippen LogP contribution is -2.31. The summed E-state index contributed by atoms with van der Waals surface area (Å²) in [7, 11) is 0. The zero-order valence-electron chi connectivity index (χ0n) is 14.3. The van der Waals surface area contributed by atoms with Crippen LogP contribution in [0, 0.1) is 0 Å². The van der Waals surface area contributed by atoms with Gasteiger partial charge in [-0.15, -0.1) is 0 Å². The van der Waals surface area contributed by atoms with Crippen LogP contribution in [0.4, 0.5) is 0 Å². The summed E-state index contributed by atoms with van der Waals surface area (Å²) in [5, 5.41) is 18.3. The minimum absolute atomic E-state index is 0.426. The van der Waals surface area contributed by atoms with Crippen LogP contribution in [0.1, 0.15) is 78.4 Å². The Morgan fingerprint density at radius 3 is 2.14 bits per heavy atom. The number of aliphatic carboxylic acids is 1. The third-order valence-corrected chi connectivity index (χ3v) is 3.41. The number of carboxylic acids is 1. The van der Waals surface area contributed by atoms with E-state index >= 15 is 0 Å². The molecule has 1 aromatic rings. The largest absolute Gasteiger partial charge is 0.550 e. The van der Waals surface area contributed by atoms with Crippen LogP contribution in [0.15, 0.2) is 18.7 Å². The second kappa shape index (κ2) is 13.3. The fourth-order valence-electron chi connectivity index (χ4n) is 2.19. The van der Waals surface area contributed by atoms with E-state index in [1.165, 1.54) is 51.4 Å². The molecule has 0 fully saturated rings. The topological polar surface area (TPSA) is 69.2 Å². The fourth-order valence-corrected chi connectivity index (χ4v) is 2.19. The maximum atomic E-state index is 9.40. The van der Waals surface area contributed by atoms with Gasteiger partial charge < -0.3 is 15.0 Å². The molecule has 0 aromatic carbocycles. The van der Waals surface area contributed by atoms with E-state index in [1.54, 1.807) is 6.92 Å². The number of hydrogen-bond acceptors (Lipinski definition) is 3. The van der Waals surface area contributed by atoms with Crippen molar-refractivity contribution >= 4 is 5.97 Å². The van der Waals surface area contributed by atoms with Crippen molar-refractivity contribution in [2.45, 2.75) is 84.9 Å². The molecule has 0 saturated carbocycles. The van der Waals surface area contributed by atoms with E-state index in [0.29, 0.717) is 0 Å². The molecule has 0 aliphatic rings. The van der Waals surface area contributed by atoms with Crippen LogP contribution in [0.2, 0.25) is 0 Å². The van der Waals surface area contributed by atoms with E-state index in [1.807, 2.05) is 23.3 Å². The molecule has 0 bridgehead atoms. The van der Waals surface area contributed by atoms with E-state index in [9.17, 15) is 5.11 Å². The Hall–Kier alpha value is -1.36. The van der Waals surface area contributed by atoms with Gasteiger partial charge >= 0.3 is 0 Å². The summed E-state index contributed by atoms with van der Waals surface area (Å²) in [6.07, 6.45) is 16.4. The molecule has 0 spiro atoms. The van der Waals surface area contributed by atoms with Crippen LogP contribution in [0.25, 0.3) is 0 Å². The minimum Gasteiger partial charge on any atom is -0.550 e. The second-order valence-corrected chi connectivity index (χ2v) is 5.70. The van der Waals surface area contributed by atoms with Crippen molar-refractivity contribution in [3.8, 4) is 0 Å². The molecule has 5 heteroatoms. The first-order chi connectivity index (χ1) is 10.5. The lowest BCUT2D eigenvalue weighted by Gasteiger charge is -2.00. The monoisotopic (exact) mass is 312 g/mol. The van der Waals surface area contributed by atoms with Gasteiger partial charge in [0.05, 0.1) is 6.54 Å². The Bertz CT molecular complexity index is 385. The predicted molar refractivity (Wildman–Crippen MR) is 84.8 cm³/mol. The fraction of sp³-hybridized carbons (Fsp3) is 0.765. The Morgan fingerprint density at radius 2 is 1.68 bits per heavy atom. The van der Waals surface area contributed by atoms with Gasteiger partial charge in [-0.3, -0.25) is 0 Å². The molecule has 0 aliphatic heterocycles. The Labute approximate surface area is 134 Å². The van der Waals surface area contributed by atoms with Crippen LogP contribution in [-0.2, 0) is 11.3 Å². The molecule has 1 aromatic heterocycles. The number of rotatable bonds is 10. The maximum Gasteiger partial charge on any atom is 0.245 e. The third kappa shape index (κ3) is 12.4. The average Bonchev–Trinajstić information content (AvgIpc) is 2.90. The lowest BCUT2D eigenvalue weighted by atomic mass is 10.1. The van der Waals surface area contributed by atoms with Crippen molar-refractivity contribution in [2.24, 2.45) is 0 Å². The molecule has 128 valence electrons. The van der Waals surface area contributed by atoms with Gasteiger partial charge in [-0.05, 0) is 19.8 Å². The number of unbranched alkanes of at least 4 members (excludes halogenated alkanes) is 7. The predicted octanol–water partition coefficient (Wildman–Crippen LogP) is 2.18. The third-order valence-electron chi connectivity index (χ3n) is 3.41. The highest BCUT2D eigenvalue weighted by atomic mass is 16.4. The summed E-state index contributed by atoms with van der Waals surface area (Å²) in [5.74, 6) is -1.08. The number of aliphatic hydroxyl groups is 1. The van der Waals surface area contributed by atoms with Crippen molar-refractivity contribution < 1.29 is 19.6 Å². The first-order valence-electron chi connectivity index (χ1n) is 8.39. The summed E-state index contributed by atoms with van der Waals surface area (Å²) in [6, 6.07) is 0. The highest BCUT2D eigenvalue weighted by molar-refractivity contribution is 5.60. The molecule has 1 atom stereocenters. The van der Waals surface area contributed by atoms with Gasteiger partial charge in [0.25, 0.3) is 0 Å². The van der Waals surface area contributed by atoms with Gasteiger partial charge in [0.1, 0.15) is 12.4 Å². The molecule has 0 aliphatic carbocycles. The number of aromatic nitrogens is 2. The van der Waals surface area contributed by atoms with Crippen molar-refractivity contribution in [1.29, 1.82) is 0 Å². The van der Waals surface area contributed by atoms with Crippen molar-refractivity contribution in [1.82, 2.24) is 4.57 Å². The standard InChI is InChI=1S/C15H29N2O.C2H4O2/c1-3-4-5-6-7-8-9-10-11-16-12-13-17(14-16)15(2)18;1-2(3)4/h12-15,18H,3-11H2,1-2H3;1H3,(H,3,4)/q+1;/p-1. The number of hydrogen-bond donors (Lipinski definition) is 1. The number of carbonyl (C=O) groups is 1. The van der Waals surface area contributed by atoms with E-state index in [2.05, 4.69) is 11.5 Å². The molecule has 0 saturated heterocycles. The van der Waals surface area contributed by atoms with Gasteiger partial charge in [0, 0.05) is 12.9 Å². The molecule has 5 nitrogen and oxygen atoms in total. The summed E-state index contributed by atoms with van der Waals surface area (Å²) >= 11 is 0. The first kappa shape index (κ1) is 20.6. The second-order valence-electron chi connectivity index (χ2n) is 5.70. The zero-order chi connectivity index (χ0) is 16.8. The van der Waals surface area contributed by atoms with Gasteiger partial charge in [0.15, 0.2) is 6.23 Å². The molecule has 0 amide bonds. The molecule has 22 heavy (non-hydrogen) atoms. The number of aliphatic hydroxyl groups excluding tert-OH is 1. The molecule has 1 heterocycles. The van der Waals surface area contributed by atoms with Gasteiger partial charge in [-0.1, -0.05) is 45.4 Å². The maximum absolute atomic E-state index is 9.40. The van der Waals surface area contributed by atoms with Gasteiger partial charge in [-0.25, -0.2) is 9.13 Å². The Kier molecular flexibility index (Phi) is 12.5. The van der Waals surface area contributed by atoms with Crippen LogP contribution < -0.4 is 9.67 Å². The van der Waals surface area contributed by atoms with Crippen LogP contribution in [-0.4, -0.2) is 15.6 Å². The van der Waals surface area contributed by atoms with Crippen molar-refractivity contribution in [2.75, 3.05) is 0 Å². The summed E-state index contributed by atoms with van der Waals surface area (Å²) < 4.78 is 3.98. The highest BCUT2D eigenvalue weighted by Crippen LogP contribution is 2.08. The number of nitrogens with zero attached hydrogens (tertiary/aromatic N) is 2. The zero-order valence-corrected chi connectivity index (χ0v) is 14.3. The molecule has 1 N–H and O–H groups in total. The minimum atomic E-state index is -1.08. The SMILES string of the molecule is CC(=O)[O-].CCCCCCCCCC[n+]1ccn(C(C)O)c1. The van der Waals surface area contributed by atoms with E-state index in [4.69, 9.17) is 9.90 Å². The van der Waals surface area contributed by atoms with E-state index in [-0.39, 0.29) is 0 Å². The highest BCUT2D eigenvalue weighted by Gasteiger charge is 2.07. The quantitative estimate of drug-likeness (QED) is 0.532. The Balaban J connectivity index is 0.000000980. The summed E-state index contributed by atoms with van der Waals surface area (Å²) in [4.78, 5) is 8.89.